The molecule has 4 rings (SSSR count). The summed E-state index contributed by atoms with van der Waals surface area (Å²) in [6.45, 7) is 8.97. The van der Waals surface area contributed by atoms with Crippen LogP contribution in [0.4, 0.5) is 0 Å². The molecule has 0 N–H and O–H groups in total. The second-order valence-corrected chi connectivity index (χ2v) is 8.28. The monoisotopic (exact) mass is 344 g/mol. The first-order valence-corrected chi connectivity index (χ1v) is 9.97. The summed E-state index contributed by atoms with van der Waals surface area (Å²) in [5.41, 5.74) is 9.78. The topological polar surface area (TPSA) is 3.88 Å². The number of benzene rings is 2. The summed E-state index contributed by atoms with van der Waals surface area (Å²) in [7, 11) is 2.21. The number of fused-ring (bicyclic) bond motifs is 1. The molecule has 1 aromatic heterocycles. The molecule has 1 aliphatic carbocycles. The molecular formula is C25H30N+. The second-order valence-electron chi connectivity index (χ2n) is 8.28. The lowest BCUT2D eigenvalue weighted by atomic mass is 9.88. The van der Waals surface area contributed by atoms with Crippen LogP contribution in [0.25, 0.3) is 22.0 Å². The van der Waals surface area contributed by atoms with E-state index in [9.17, 15) is 0 Å². The van der Waals surface area contributed by atoms with E-state index in [0.29, 0.717) is 0 Å². The van der Waals surface area contributed by atoms with Crippen molar-refractivity contribution in [3.8, 4) is 11.3 Å². The van der Waals surface area contributed by atoms with Gasteiger partial charge in [-0.05, 0) is 73.7 Å². The zero-order valence-corrected chi connectivity index (χ0v) is 16.8. The van der Waals surface area contributed by atoms with E-state index in [0.717, 1.165) is 5.92 Å². The molecule has 2 aromatic carbocycles. The highest BCUT2D eigenvalue weighted by Gasteiger charge is 2.24. The van der Waals surface area contributed by atoms with E-state index in [1.807, 2.05) is 0 Å². The van der Waals surface area contributed by atoms with Crippen LogP contribution in [0.2, 0.25) is 0 Å². The van der Waals surface area contributed by atoms with E-state index in [1.165, 1.54) is 70.1 Å². The summed E-state index contributed by atoms with van der Waals surface area (Å²) in [4.78, 5) is 0. The van der Waals surface area contributed by atoms with Crippen molar-refractivity contribution in [3.05, 3.63) is 64.3 Å². The van der Waals surface area contributed by atoms with Crippen LogP contribution < -0.4 is 4.57 Å². The van der Waals surface area contributed by atoms with Crippen molar-refractivity contribution >= 4 is 10.8 Å². The van der Waals surface area contributed by atoms with E-state index in [4.69, 9.17) is 0 Å². The van der Waals surface area contributed by atoms with Crippen LogP contribution in [0, 0.1) is 27.7 Å². The highest BCUT2D eigenvalue weighted by atomic mass is 14.9. The average molecular weight is 345 g/mol. The largest absolute Gasteiger partial charge is 0.220 e. The summed E-state index contributed by atoms with van der Waals surface area (Å²) in [6, 6.07) is 14.1. The summed E-state index contributed by atoms with van der Waals surface area (Å²) < 4.78 is 2.38. The Labute approximate surface area is 157 Å². The van der Waals surface area contributed by atoms with Crippen LogP contribution >= 0.6 is 0 Å². The molecule has 1 saturated carbocycles. The van der Waals surface area contributed by atoms with Crippen molar-refractivity contribution in [3.63, 3.8) is 0 Å². The van der Waals surface area contributed by atoms with Gasteiger partial charge in [0, 0.05) is 13.0 Å². The Morgan fingerprint density at radius 2 is 1.62 bits per heavy atom. The van der Waals surface area contributed by atoms with Crippen LogP contribution in [0.3, 0.4) is 0 Å². The molecule has 134 valence electrons. The van der Waals surface area contributed by atoms with E-state index in [1.54, 1.807) is 5.56 Å². The first kappa shape index (κ1) is 17.3. The van der Waals surface area contributed by atoms with E-state index in [2.05, 4.69) is 75.7 Å². The highest BCUT2D eigenvalue weighted by molar-refractivity contribution is 5.94. The van der Waals surface area contributed by atoms with Gasteiger partial charge in [-0.3, -0.25) is 0 Å². The van der Waals surface area contributed by atoms with E-state index >= 15 is 0 Å². The first-order chi connectivity index (χ1) is 12.5. The third-order valence-corrected chi connectivity index (χ3v) is 6.46. The number of aromatic nitrogens is 1. The molecule has 1 heterocycles. The van der Waals surface area contributed by atoms with Crippen molar-refractivity contribution in [2.24, 2.45) is 7.05 Å². The molecule has 0 radical (unpaired) electrons. The zero-order valence-electron chi connectivity index (χ0n) is 16.8. The van der Waals surface area contributed by atoms with E-state index < -0.39 is 0 Å². The van der Waals surface area contributed by atoms with Gasteiger partial charge in [0.1, 0.15) is 7.05 Å². The molecule has 0 unspecified atom stereocenters. The fraction of sp³-hybridized carbons (Fsp3) is 0.400. The van der Waals surface area contributed by atoms with Gasteiger partial charge in [0.2, 0.25) is 5.69 Å². The molecule has 0 bridgehead atoms. The molecule has 1 nitrogen and oxygen atoms in total. The molecule has 3 aromatic rings. The smallest absolute Gasteiger partial charge is 0.198 e. The third-order valence-electron chi connectivity index (χ3n) is 6.46. The minimum absolute atomic E-state index is 0.746. The maximum absolute atomic E-state index is 2.49. The van der Waals surface area contributed by atoms with Crippen LogP contribution in [-0.4, -0.2) is 0 Å². The van der Waals surface area contributed by atoms with Crippen LogP contribution in [0.15, 0.2) is 36.4 Å². The van der Waals surface area contributed by atoms with Crippen LogP contribution in [0.5, 0.6) is 0 Å². The summed E-state index contributed by atoms with van der Waals surface area (Å²) in [5, 5.41) is 2.70. The van der Waals surface area contributed by atoms with Gasteiger partial charge >= 0.3 is 0 Å². The van der Waals surface area contributed by atoms with Crippen LogP contribution in [0.1, 0.15) is 59.5 Å². The number of hydrogen-bond acceptors (Lipinski definition) is 0. The minimum Gasteiger partial charge on any atom is -0.198 e. The first-order valence-electron chi connectivity index (χ1n) is 9.97. The average Bonchev–Trinajstić information content (AvgIpc) is 3.14. The number of pyridine rings is 1. The predicted octanol–water partition coefficient (Wildman–Crippen LogP) is 6.22. The number of hydrogen-bond donors (Lipinski definition) is 0. The van der Waals surface area contributed by atoms with Gasteiger partial charge in [-0.2, -0.15) is 4.57 Å². The maximum atomic E-state index is 2.49. The van der Waals surface area contributed by atoms with Crippen molar-refractivity contribution < 1.29 is 4.57 Å². The molecular weight excluding hydrogens is 314 g/mol. The second kappa shape index (κ2) is 6.54. The molecule has 26 heavy (non-hydrogen) atoms. The van der Waals surface area contributed by atoms with Crippen molar-refractivity contribution in [1.82, 2.24) is 0 Å². The number of nitrogens with zero attached hydrogens (tertiary/aromatic N) is 1. The predicted molar refractivity (Wildman–Crippen MR) is 111 cm³/mol. The normalized spacial score (nSPS) is 15.1. The Bertz CT molecular complexity index is 991. The lowest BCUT2D eigenvalue weighted by Gasteiger charge is -2.17. The van der Waals surface area contributed by atoms with Gasteiger partial charge in [0.15, 0.2) is 5.69 Å². The van der Waals surface area contributed by atoms with Gasteiger partial charge in [-0.25, -0.2) is 0 Å². The molecule has 0 amide bonds. The van der Waals surface area contributed by atoms with Gasteiger partial charge in [0.05, 0.1) is 10.9 Å². The van der Waals surface area contributed by atoms with Gasteiger partial charge in [-0.1, -0.05) is 36.6 Å². The fourth-order valence-electron chi connectivity index (χ4n) is 4.63. The van der Waals surface area contributed by atoms with Crippen LogP contribution in [-0.2, 0) is 7.05 Å². The summed E-state index contributed by atoms with van der Waals surface area (Å²) >= 11 is 0. The lowest BCUT2D eigenvalue weighted by Crippen LogP contribution is -2.35. The zero-order chi connectivity index (χ0) is 18.4. The molecule has 1 fully saturated rings. The van der Waals surface area contributed by atoms with Gasteiger partial charge < -0.3 is 0 Å². The quantitative estimate of drug-likeness (QED) is 0.486. The molecule has 1 aliphatic rings. The standard InChI is InChI=1S/C25H30N/c1-16-10-11-21-14-18(3)26(5)25(24(21)12-16)23-15-22(13-17(2)19(23)4)20-8-6-7-9-20/h10-15,20H,6-9H2,1-5H3/q+1. The number of aryl methyl sites for hydroxylation is 3. The Balaban J connectivity index is 2.03. The van der Waals surface area contributed by atoms with Crippen molar-refractivity contribution in [2.45, 2.75) is 59.3 Å². The summed E-state index contributed by atoms with van der Waals surface area (Å²) in [5.74, 6) is 0.746. The summed E-state index contributed by atoms with van der Waals surface area (Å²) in [6.07, 6.45) is 5.46. The van der Waals surface area contributed by atoms with Gasteiger partial charge in [-0.15, -0.1) is 0 Å². The molecule has 1 heteroatoms. The maximum Gasteiger partial charge on any atom is 0.220 e. The van der Waals surface area contributed by atoms with E-state index in [-0.39, 0.29) is 0 Å². The third kappa shape index (κ3) is 2.84. The molecule has 0 saturated heterocycles. The minimum atomic E-state index is 0.746. The van der Waals surface area contributed by atoms with Gasteiger partial charge in [0.25, 0.3) is 0 Å². The fourth-order valence-corrected chi connectivity index (χ4v) is 4.63. The highest BCUT2D eigenvalue weighted by Crippen LogP contribution is 2.38. The van der Waals surface area contributed by atoms with Crippen molar-refractivity contribution in [2.75, 3.05) is 0 Å². The Morgan fingerprint density at radius 3 is 2.35 bits per heavy atom. The lowest BCUT2D eigenvalue weighted by molar-refractivity contribution is -0.665. The van der Waals surface area contributed by atoms with Crippen molar-refractivity contribution in [1.29, 1.82) is 0 Å². The molecule has 0 spiro atoms. The molecule has 0 aliphatic heterocycles. The Morgan fingerprint density at radius 1 is 0.885 bits per heavy atom. The SMILES string of the molecule is Cc1ccc2cc(C)[n+](C)c(-c3cc(C4CCCC4)cc(C)c3C)c2c1. The Hall–Kier alpha value is -2.15. The molecule has 0 atom stereocenters. The number of rotatable bonds is 2. The Kier molecular flexibility index (Phi) is 4.34.